The van der Waals surface area contributed by atoms with Crippen LogP contribution in [0.1, 0.15) is 66.7 Å². The molecule has 0 heterocycles. The summed E-state index contributed by atoms with van der Waals surface area (Å²) in [6, 6.07) is 0. The average Bonchev–Trinajstić information content (AvgIpc) is 2.50. The molecule has 1 rings (SSSR count). The summed E-state index contributed by atoms with van der Waals surface area (Å²) in [5, 5.41) is 10.2. The highest BCUT2D eigenvalue weighted by molar-refractivity contribution is 5.66. The van der Waals surface area contributed by atoms with Crippen LogP contribution < -0.4 is 0 Å². The van der Waals surface area contributed by atoms with Crippen LogP contribution in [0.5, 0.6) is 0 Å². The number of ether oxygens (including phenoxy) is 1. The van der Waals surface area contributed by atoms with Crippen LogP contribution in [-0.4, -0.2) is 23.3 Å². The zero-order valence-corrected chi connectivity index (χ0v) is 16.5. The fraction of sp³-hybridized carbons (Fsp3) is 0.591. The number of hydrogen-bond donors (Lipinski definition) is 1. The van der Waals surface area contributed by atoms with E-state index < -0.39 is 6.10 Å². The van der Waals surface area contributed by atoms with Gasteiger partial charge in [0.1, 0.15) is 6.10 Å². The maximum Gasteiger partial charge on any atom is 0.303 e. The van der Waals surface area contributed by atoms with E-state index in [9.17, 15) is 9.90 Å². The van der Waals surface area contributed by atoms with Crippen LogP contribution in [0.25, 0.3) is 0 Å². The fourth-order valence-corrected chi connectivity index (χ4v) is 3.04. The predicted octanol–water partition coefficient (Wildman–Crippen LogP) is 5.27. The van der Waals surface area contributed by atoms with Gasteiger partial charge in [-0.05, 0) is 56.6 Å². The Bertz CT molecular complexity index is 564. The summed E-state index contributed by atoms with van der Waals surface area (Å²) in [4.78, 5) is 11.6. The first-order chi connectivity index (χ1) is 11.7. The van der Waals surface area contributed by atoms with Gasteiger partial charge in [0.2, 0.25) is 0 Å². The molecule has 0 saturated carbocycles. The van der Waals surface area contributed by atoms with Crippen molar-refractivity contribution < 1.29 is 14.6 Å². The lowest BCUT2D eigenvalue weighted by molar-refractivity contribution is -0.144. The highest BCUT2D eigenvalue weighted by Crippen LogP contribution is 2.25. The first kappa shape index (κ1) is 21.4. The van der Waals surface area contributed by atoms with Crippen LogP contribution >= 0.6 is 0 Å². The molecule has 3 nitrogen and oxygen atoms in total. The molecule has 0 aliphatic heterocycles. The Morgan fingerprint density at radius 1 is 1.24 bits per heavy atom. The van der Waals surface area contributed by atoms with Crippen molar-refractivity contribution in [1.82, 2.24) is 0 Å². The zero-order chi connectivity index (χ0) is 19.0. The summed E-state index contributed by atoms with van der Waals surface area (Å²) in [6.45, 7) is 13.9. The minimum absolute atomic E-state index is 0.227. The smallest absolute Gasteiger partial charge is 0.303 e. The molecule has 1 aliphatic rings. The molecule has 0 amide bonds. The van der Waals surface area contributed by atoms with Gasteiger partial charge < -0.3 is 9.84 Å². The van der Waals surface area contributed by atoms with Crippen molar-refractivity contribution in [2.45, 2.75) is 78.9 Å². The van der Waals surface area contributed by atoms with E-state index in [2.05, 4.69) is 52.5 Å². The van der Waals surface area contributed by atoms with Crippen LogP contribution in [0.2, 0.25) is 0 Å². The van der Waals surface area contributed by atoms with Gasteiger partial charge in [0.15, 0.2) is 0 Å². The van der Waals surface area contributed by atoms with E-state index in [1.165, 1.54) is 18.1 Å². The van der Waals surface area contributed by atoms with Crippen LogP contribution in [0, 0.1) is 5.92 Å². The largest absolute Gasteiger partial charge is 0.458 e. The molecule has 2 atom stereocenters. The van der Waals surface area contributed by atoms with Gasteiger partial charge in [-0.3, -0.25) is 4.79 Å². The Morgan fingerprint density at radius 3 is 2.52 bits per heavy atom. The second kappa shape index (κ2) is 10.4. The van der Waals surface area contributed by atoms with Gasteiger partial charge in [-0.2, -0.15) is 0 Å². The molecule has 0 aromatic heterocycles. The molecule has 0 aromatic carbocycles. The van der Waals surface area contributed by atoms with Crippen LogP contribution in [-0.2, 0) is 9.53 Å². The van der Waals surface area contributed by atoms with Crippen LogP contribution in [0.4, 0.5) is 0 Å². The molecule has 140 valence electrons. The third kappa shape index (κ3) is 7.87. The van der Waals surface area contributed by atoms with E-state index >= 15 is 0 Å². The second-order valence-electron chi connectivity index (χ2n) is 7.44. The molecular formula is C22H34O3. The Balaban J connectivity index is 3.19. The predicted molar refractivity (Wildman–Crippen MR) is 104 cm³/mol. The second-order valence-corrected chi connectivity index (χ2v) is 7.44. The molecule has 1 N–H and O–H groups in total. The molecule has 0 spiro atoms. The molecule has 3 heteroatoms. The molecule has 25 heavy (non-hydrogen) atoms. The standard InChI is InChI=1S/C22H34O3/c1-15(2)20-12-10-16(3)11-13-21(24)18(5)9-7-8-17(4)14-22(20)25-19(6)23/h8,10,12,15,21-22,24H,5,7,9,11,13-14H2,1-4,6H3/b16-10+,17-8+,20-12-/t21-,22+/m1/s1. The zero-order valence-electron chi connectivity index (χ0n) is 16.5. The highest BCUT2D eigenvalue weighted by atomic mass is 16.5. The number of rotatable bonds is 2. The topological polar surface area (TPSA) is 46.5 Å². The van der Waals surface area contributed by atoms with Gasteiger partial charge >= 0.3 is 5.97 Å². The summed E-state index contributed by atoms with van der Waals surface area (Å²) in [6.07, 6.45) is 9.54. The third-order valence-corrected chi connectivity index (χ3v) is 4.66. The molecule has 0 unspecified atom stereocenters. The summed E-state index contributed by atoms with van der Waals surface area (Å²) < 4.78 is 5.63. The average molecular weight is 347 g/mol. The highest BCUT2D eigenvalue weighted by Gasteiger charge is 2.20. The third-order valence-electron chi connectivity index (χ3n) is 4.66. The number of esters is 1. The summed E-state index contributed by atoms with van der Waals surface area (Å²) in [7, 11) is 0. The van der Waals surface area contributed by atoms with Crippen LogP contribution in [0.3, 0.4) is 0 Å². The van der Waals surface area contributed by atoms with Crippen molar-refractivity contribution in [3.63, 3.8) is 0 Å². The van der Waals surface area contributed by atoms with Crippen molar-refractivity contribution in [1.29, 1.82) is 0 Å². The van der Waals surface area contributed by atoms with Crippen molar-refractivity contribution in [3.8, 4) is 0 Å². The SMILES string of the molecule is C=C1CC/C=C(\C)C[C@H](OC(C)=O)/C(C(C)C)=C\C=C(/C)CC[C@H]1O. The van der Waals surface area contributed by atoms with Gasteiger partial charge in [-0.15, -0.1) is 0 Å². The summed E-state index contributed by atoms with van der Waals surface area (Å²) >= 11 is 0. The lowest BCUT2D eigenvalue weighted by Gasteiger charge is -2.24. The maximum absolute atomic E-state index is 11.6. The monoisotopic (exact) mass is 346 g/mol. The number of aliphatic hydroxyl groups is 1. The minimum Gasteiger partial charge on any atom is -0.458 e. The van der Waals surface area contributed by atoms with Gasteiger partial charge in [0, 0.05) is 13.3 Å². The van der Waals surface area contributed by atoms with E-state index in [0.717, 1.165) is 30.4 Å². The van der Waals surface area contributed by atoms with Gasteiger partial charge in [-0.1, -0.05) is 49.8 Å². The first-order valence-corrected chi connectivity index (χ1v) is 9.26. The maximum atomic E-state index is 11.6. The molecule has 0 saturated heterocycles. The quantitative estimate of drug-likeness (QED) is 0.547. The molecule has 1 aliphatic carbocycles. The fourth-order valence-electron chi connectivity index (χ4n) is 3.04. The molecule has 0 bridgehead atoms. The van der Waals surface area contributed by atoms with E-state index in [1.807, 2.05) is 0 Å². The molecule has 0 aromatic rings. The van der Waals surface area contributed by atoms with Crippen molar-refractivity contribution in [3.05, 3.63) is 47.1 Å². The summed E-state index contributed by atoms with van der Waals surface area (Å²) in [5.41, 5.74) is 4.42. The van der Waals surface area contributed by atoms with Gasteiger partial charge in [0.25, 0.3) is 0 Å². The number of hydrogen-bond acceptors (Lipinski definition) is 3. The number of aliphatic hydroxyl groups excluding tert-OH is 1. The lowest BCUT2D eigenvalue weighted by atomic mass is 9.91. The Labute approximate surface area is 153 Å². The van der Waals surface area contributed by atoms with E-state index in [-0.39, 0.29) is 12.1 Å². The van der Waals surface area contributed by atoms with E-state index in [0.29, 0.717) is 18.8 Å². The minimum atomic E-state index is -0.442. The van der Waals surface area contributed by atoms with E-state index in [4.69, 9.17) is 4.74 Å². The Morgan fingerprint density at radius 2 is 1.92 bits per heavy atom. The van der Waals surface area contributed by atoms with E-state index in [1.54, 1.807) is 0 Å². The Kier molecular flexibility index (Phi) is 8.91. The van der Waals surface area contributed by atoms with Crippen molar-refractivity contribution in [2.24, 2.45) is 5.92 Å². The van der Waals surface area contributed by atoms with Crippen molar-refractivity contribution in [2.75, 3.05) is 0 Å². The first-order valence-electron chi connectivity index (χ1n) is 9.26. The Hall–Kier alpha value is -1.61. The number of allylic oxidation sites excluding steroid dienone is 4. The molecule has 0 radical (unpaired) electrons. The van der Waals surface area contributed by atoms with Gasteiger partial charge in [-0.25, -0.2) is 0 Å². The normalized spacial score (nSPS) is 30.4. The molecular weight excluding hydrogens is 312 g/mol. The lowest BCUT2D eigenvalue weighted by Crippen LogP contribution is -2.22. The van der Waals surface area contributed by atoms with Crippen LogP contribution in [0.15, 0.2) is 47.1 Å². The number of carbonyl (C=O) groups is 1. The number of carbonyl (C=O) groups excluding carboxylic acids is 1. The molecule has 0 fully saturated rings. The van der Waals surface area contributed by atoms with Gasteiger partial charge in [0.05, 0.1) is 6.10 Å². The summed E-state index contributed by atoms with van der Waals surface area (Å²) in [5.74, 6) is 0.0436. The van der Waals surface area contributed by atoms with Crippen molar-refractivity contribution >= 4 is 5.97 Å².